The zero-order valence-corrected chi connectivity index (χ0v) is 10.8. The molecular formula is C11H11Cl2F3O2. The fraction of sp³-hybridized carbons (Fsp3) is 0.455. The smallest absolute Gasteiger partial charge is 0.411 e. The molecule has 0 aliphatic carbocycles. The van der Waals surface area contributed by atoms with Crippen molar-refractivity contribution >= 4 is 23.2 Å². The highest BCUT2D eigenvalue weighted by Gasteiger charge is 2.27. The molecule has 1 rings (SSSR count). The van der Waals surface area contributed by atoms with E-state index in [-0.39, 0.29) is 13.2 Å². The predicted octanol–water partition coefficient (Wildman–Crippen LogP) is 4.34. The summed E-state index contributed by atoms with van der Waals surface area (Å²) in [6.07, 6.45) is -3.96. The van der Waals surface area contributed by atoms with Gasteiger partial charge in [-0.05, 0) is 12.1 Å². The van der Waals surface area contributed by atoms with Crippen LogP contribution in [0.3, 0.4) is 0 Å². The minimum absolute atomic E-state index is 0.0301. The van der Waals surface area contributed by atoms with Crippen molar-refractivity contribution < 1.29 is 22.6 Å². The van der Waals surface area contributed by atoms with Gasteiger partial charge in [0.15, 0.2) is 0 Å². The van der Waals surface area contributed by atoms with Gasteiger partial charge >= 0.3 is 6.18 Å². The third-order valence-electron chi connectivity index (χ3n) is 1.85. The zero-order valence-electron chi connectivity index (χ0n) is 9.27. The number of ether oxygens (including phenoxy) is 2. The average Bonchev–Trinajstić information content (AvgIpc) is 2.26. The number of hydrogen-bond donors (Lipinski definition) is 0. The Bertz CT molecular complexity index is 383. The van der Waals surface area contributed by atoms with Gasteiger partial charge in [-0.15, -0.1) is 0 Å². The largest absolute Gasteiger partial charge is 0.492 e. The van der Waals surface area contributed by atoms with Gasteiger partial charge in [0.1, 0.15) is 12.4 Å². The lowest BCUT2D eigenvalue weighted by atomic mass is 10.3. The van der Waals surface area contributed by atoms with E-state index in [0.29, 0.717) is 22.2 Å². The molecule has 1 aromatic rings. The van der Waals surface area contributed by atoms with Crippen LogP contribution in [0.15, 0.2) is 18.2 Å². The third kappa shape index (κ3) is 6.33. The maximum atomic E-state index is 11.7. The Kier molecular flexibility index (Phi) is 6.05. The number of alkyl halides is 3. The van der Waals surface area contributed by atoms with E-state index in [2.05, 4.69) is 4.74 Å². The van der Waals surface area contributed by atoms with Gasteiger partial charge < -0.3 is 9.47 Å². The molecule has 0 fully saturated rings. The van der Waals surface area contributed by atoms with Crippen molar-refractivity contribution in [3.63, 3.8) is 0 Å². The molecule has 0 amide bonds. The van der Waals surface area contributed by atoms with Crippen LogP contribution in [0.4, 0.5) is 13.2 Å². The first-order valence-electron chi connectivity index (χ1n) is 5.11. The van der Waals surface area contributed by atoms with E-state index in [1.54, 1.807) is 18.2 Å². The summed E-state index contributed by atoms with van der Waals surface area (Å²) in [6.45, 7) is -1.07. The van der Waals surface area contributed by atoms with E-state index >= 15 is 0 Å². The lowest BCUT2D eigenvalue weighted by Crippen LogP contribution is -2.18. The van der Waals surface area contributed by atoms with Crippen LogP contribution < -0.4 is 4.74 Å². The maximum Gasteiger partial charge on any atom is 0.411 e. The molecule has 0 unspecified atom stereocenters. The summed E-state index contributed by atoms with van der Waals surface area (Å²) in [6, 6.07) is 4.74. The van der Waals surface area contributed by atoms with E-state index in [0.717, 1.165) is 0 Å². The van der Waals surface area contributed by atoms with Crippen molar-refractivity contribution in [2.45, 2.75) is 12.6 Å². The van der Waals surface area contributed by atoms with Crippen LogP contribution >= 0.6 is 23.2 Å². The van der Waals surface area contributed by atoms with Crippen molar-refractivity contribution in [1.29, 1.82) is 0 Å². The Morgan fingerprint density at radius 2 is 1.83 bits per heavy atom. The van der Waals surface area contributed by atoms with Gasteiger partial charge in [0.2, 0.25) is 0 Å². The Hall–Kier alpha value is -0.650. The monoisotopic (exact) mass is 302 g/mol. The number of rotatable bonds is 6. The first-order chi connectivity index (χ1) is 8.38. The standard InChI is InChI=1S/C11H11Cl2F3O2/c12-8-2-3-9(13)10(6-8)18-5-1-4-17-7-11(14,15)16/h2-3,6H,1,4-5,7H2. The van der Waals surface area contributed by atoms with E-state index in [1.807, 2.05) is 0 Å². The highest BCUT2D eigenvalue weighted by molar-refractivity contribution is 6.34. The first kappa shape index (κ1) is 15.4. The summed E-state index contributed by atoms with van der Waals surface area (Å²) in [5.41, 5.74) is 0. The van der Waals surface area contributed by atoms with Crippen molar-refractivity contribution in [1.82, 2.24) is 0 Å². The molecule has 0 saturated carbocycles. The quantitative estimate of drug-likeness (QED) is 0.728. The summed E-state index contributed by atoms with van der Waals surface area (Å²) in [5, 5.41) is 0.873. The first-order valence-corrected chi connectivity index (χ1v) is 5.86. The second-order valence-corrected chi connectivity index (χ2v) is 4.29. The number of hydrogen-bond acceptors (Lipinski definition) is 2. The van der Waals surface area contributed by atoms with E-state index in [9.17, 15) is 13.2 Å². The fourth-order valence-electron chi connectivity index (χ4n) is 1.12. The van der Waals surface area contributed by atoms with Crippen LogP contribution in [0.25, 0.3) is 0 Å². The van der Waals surface area contributed by atoms with Gasteiger partial charge in [0.05, 0.1) is 18.2 Å². The van der Waals surface area contributed by atoms with E-state index in [1.165, 1.54) is 0 Å². The average molecular weight is 303 g/mol. The maximum absolute atomic E-state index is 11.7. The Labute approximate surface area is 113 Å². The van der Waals surface area contributed by atoms with Crippen LogP contribution in [0, 0.1) is 0 Å². The third-order valence-corrected chi connectivity index (χ3v) is 2.40. The summed E-state index contributed by atoms with van der Waals surface area (Å²) in [4.78, 5) is 0. The molecule has 0 aliphatic heterocycles. The summed E-state index contributed by atoms with van der Waals surface area (Å²) in [5.74, 6) is 0.403. The topological polar surface area (TPSA) is 18.5 Å². The molecule has 2 nitrogen and oxygen atoms in total. The SMILES string of the molecule is FC(F)(F)COCCCOc1cc(Cl)ccc1Cl. The highest BCUT2D eigenvalue weighted by Crippen LogP contribution is 2.27. The lowest BCUT2D eigenvalue weighted by Gasteiger charge is -2.09. The molecule has 0 heterocycles. The van der Waals surface area contributed by atoms with Gasteiger partial charge in [-0.3, -0.25) is 0 Å². The van der Waals surface area contributed by atoms with Crippen molar-refractivity contribution in [3.8, 4) is 5.75 Å². The molecule has 0 atom stereocenters. The molecule has 0 radical (unpaired) electrons. The second-order valence-electron chi connectivity index (χ2n) is 3.44. The number of benzene rings is 1. The Balaban J connectivity index is 2.20. The summed E-state index contributed by atoms with van der Waals surface area (Å²) < 4.78 is 44.9. The molecule has 102 valence electrons. The van der Waals surface area contributed by atoms with Crippen LogP contribution in [0.1, 0.15) is 6.42 Å². The van der Waals surface area contributed by atoms with Gasteiger partial charge in [0.25, 0.3) is 0 Å². The van der Waals surface area contributed by atoms with Crippen molar-refractivity contribution in [2.24, 2.45) is 0 Å². The van der Waals surface area contributed by atoms with Crippen molar-refractivity contribution in [3.05, 3.63) is 28.2 Å². The molecule has 0 N–H and O–H groups in total. The highest BCUT2D eigenvalue weighted by atomic mass is 35.5. The Morgan fingerprint density at radius 1 is 1.11 bits per heavy atom. The molecule has 7 heteroatoms. The van der Waals surface area contributed by atoms with Gasteiger partial charge in [0, 0.05) is 17.5 Å². The van der Waals surface area contributed by atoms with E-state index in [4.69, 9.17) is 27.9 Å². The van der Waals surface area contributed by atoms with E-state index < -0.39 is 12.8 Å². The normalized spacial score (nSPS) is 11.6. The molecular weight excluding hydrogens is 292 g/mol. The van der Waals surface area contributed by atoms with Crippen LogP contribution in [0.2, 0.25) is 10.0 Å². The van der Waals surface area contributed by atoms with Gasteiger partial charge in [-0.25, -0.2) is 0 Å². The lowest BCUT2D eigenvalue weighted by molar-refractivity contribution is -0.174. The molecule has 18 heavy (non-hydrogen) atoms. The van der Waals surface area contributed by atoms with Crippen LogP contribution in [0.5, 0.6) is 5.75 Å². The zero-order chi connectivity index (χ0) is 13.6. The molecule has 1 aromatic carbocycles. The Morgan fingerprint density at radius 3 is 2.50 bits per heavy atom. The molecule has 0 spiro atoms. The predicted molar refractivity (Wildman–Crippen MR) is 63.4 cm³/mol. The second kappa shape index (κ2) is 7.07. The van der Waals surface area contributed by atoms with Crippen LogP contribution in [-0.2, 0) is 4.74 Å². The minimum Gasteiger partial charge on any atom is -0.492 e. The van der Waals surface area contributed by atoms with Gasteiger partial charge in [-0.1, -0.05) is 23.2 Å². The molecule has 0 aromatic heterocycles. The van der Waals surface area contributed by atoms with Crippen molar-refractivity contribution in [2.75, 3.05) is 19.8 Å². The molecule has 0 saturated heterocycles. The summed E-state index contributed by atoms with van der Waals surface area (Å²) in [7, 11) is 0. The van der Waals surface area contributed by atoms with Crippen LogP contribution in [-0.4, -0.2) is 26.0 Å². The number of halogens is 5. The minimum atomic E-state index is -4.29. The van der Waals surface area contributed by atoms with Gasteiger partial charge in [-0.2, -0.15) is 13.2 Å². The molecule has 0 bridgehead atoms. The summed E-state index contributed by atoms with van der Waals surface area (Å²) >= 11 is 11.6. The fourth-order valence-corrected chi connectivity index (χ4v) is 1.45. The molecule has 0 aliphatic rings.